The zero-order valence-corrected chi connectivity index (χ0v) is 23.0. The molecule has 0 unspecified atom stereocenters. The van der Waals surface area contributed by atoms with Crippen LogP contribution in [0.15, 0.2) is 63.4 Å². The van der Waals surface area contributed by atoms with Gasteiger partial charge in [-0.25, -0.2) is 0 Å². The minimum Gasteiger partial charge on any atom is -0.483 e. The summed E-state index contributed by atoms with van der Waals surface area (Å²) in [5.41, 5.74) is 7.40. The molecule has 0 atom stereocenters. The van der Waals surface area contributed by atoms with Gasteiger partial charge in [-0.2, -0.15) is 0 Å². The highest BCUT2D eigenvalue weighted by Gasteiger charge is 2.42. The number of amides is 1. The van der Waals surface area contributed by atoms with E-state index < -0.39 is 0 Å². The molecule has 3 aliphatic rings. The number of ketones is 2. The zero-order chi connectivity index (χ0) is 26.3. The Bertz CT molecular complexity index is 1330. The van der Waals surface area contributed by atoms with E-state index in [1.807, 2.05) is 57.3 Å². The van der Waals surface area contributed by atoms with E-state index in [1.54, 1.807) is 0 Å². The first-order valence-electron chi connectivity index (χ1n) is 12.8. The number of Topliss-reactive ketones (excluding diaryl/α,β-unsaturated/α-hetero) is 2. The van der Waals surface area contributed by atoms with Crippen molar-refractivity contribution in [2.75, 3.05) is 19.0 Å². The molecule has 0 saturated heterocycles. The van der Waals surface area contributed by atoms with Crippen LogP contribution in [0.4, 0.5) is 5.69 Å². The molecule has 1 heterocycles. The third-order valence-electron chi connectivity index (χ3n) is 7.55. The fourth-order valence-electron chi connectivity index (χ4n) is 5.78. The van der Waals surface area contributed by atoms with Crippen LogP contribution in [-0.4, -0.2) is 36.0 Å². The lowest BCUT2D eigenvalue weighted by molar-refractivity contribution is -0.118. The summed E-state index contributed by atoms with van der Waals surface area (Å²) in [5, 5.41) is 2.90. The van der Waals surface area contributed by atoms with E-state index in [4.69, 9.17) is 4.74 Å². The molecule has 0 aromatic heterocycles. The Morgan fingerprint density at radius 3 is 2.22 bits per heavy atom. The quantitative estimate of drug-likeness (QED) is 0.474. The van der Waals surface area contributed by atoms with Crippen molar-refractivity contribution in [2.24, 2.45) is 0 Å². The summed E-state index contributed by atoms with van der Waals surface area (Å²) in [5.74, 6) is 0.175. The van der Waals surface area contributed by atoms with Crippen LogP contribution in [0, 0.1) is 13.8 Å². The highest BCUT2D eigenvalue weighted by atomic mass is 79.9. The zero-order valence-electron chi connectivity index (χ0n) is 21.4. The van der Waals surface area contributed by atoms with Gasteiger partial charge in [0.2, 0.25) is 0 Å². The lowest BCUT2D eigenvalue weighted by Gasteiger charge is -2.42. The number of carbonyl (C=O) groups is 3. The molecule has 2 aliphatic carbocycles. The number of hydrogen-bond donors (Lipinski definition) is 1. The van der Waals surface area contributed by atoms with Gasteiger partial charge < -0.3 is 15.0 Å². The second-order valence-corrected chi connectivity index (χ2v) is 11.0. The van der Waals surface area contributed by atoms with Crippen molar-refractivity contribution >= 4 is 39.1 Å². The van der Waals surface area contributed by atoms with E-state index in [-0.39, 0.29) is 30.0 Å². The van der Waals surface area contributed by atoms with Crippen LogP contribution < -0.4 is 10.1 Å². The molecule has 5 rings (SSSR count). The molecular formula is C30H31BrN2O4. The van der Waals surface area contributed by atoms with Gasteiger partial charge in [0.05, 0.1) is 4.47 Å². The predicted molar refractivity (Wildman–Crippen MR) is 146 cm³/mol. The third-order valence-corrected chi connectivity index (χ3v) is 8.17. The molecule has 2 aromatic carbocycles. The molecule has 6 nitrogen and oxygen atoms in total. The number of anilines is 1. The Hall–Kier alpha value is -3.19. The smallest absolute Gasteiger partial charge is 0.262 e. The summed E-state index contributed by atoms with van der Waals surface area (Å²) in [4.78, 5) is 41.0. The Kier molecular flexibility index (Phi) is 7.08. The maximum absolute atomic E-state index is 13.2. The van der Waals surface area contributed by atoms with Crippen molar-refractivity contribution in [2.45, 2.75) is 58.3 Å². The van der Waals surface area contributed by atoms with Crippen LogP contribution in [0.5, 0.6) is 5.75 Å². The number of aryl methyl sites for hydroxylation is 2. The minimum absolute atomic E-state index is 0.127. The Labute approximate surface area is 225 Å². The highest BCUT2D eigenvalue weighted by Crippen LogP contribution is 2.49. The van der Waals surface area contributed by atoms with Crippen molar-refractivity contribution in [3.05, 3.63) is 80.1 Å². The molecule has 0 radical (unpaired) electrons. The molecule has 0 fully saturated rings. The summed E-state index contributed by atoms with van der Waals surface area (Å²) >= 11 is 3.60. The Balaban J connectivity index is 1.40. The molecule has 7 heteroatoms. The molecule has 37 heavy (non-hydrogen) atoms. The number of hydrogen-bond acceptors (Lipinski definition) is 5. The summed E-state index contributed by atoms with van der Waals surface area (Å²) in [6, 6.07) is 11.5. The number of nitrogens with one attached hydrogen (secondary N) is 1. The lowest BCUT2D eigenvalue weighted by atomic mass is 9.71. The van der Waals surface area contributed by atoms with Crippen LogP contribution in [0.25, 0.3) is 0 Å². The molecule has 192 valence electrons. The molecule has 0 spiro atoms. The van der Waals surface area contributed by atoms with Gasteiger partial charge >= 0.3 is 0 Å². The third kappa shape index (κ3) is 4.89. The van der Waals surface area contributed by atoms with E-state index in [9.17, 15) is 14.4 Å². The molecule has 1 amide bonds. The maximum atomic E-state index is 13.2. The monoisotopic (exact) mass is 562 g/mol. The van der Waals surface area contributed by atoms with Crippen molar-refractivity contribution in [3.63, 3.8) is 0 Å². The largest absolute Gasteiger partial charge is 0.483 e. The van der Waals surface area contributed by atoms with Crippen LogP contribution >= 0.6 is 15.9 Å². The number of carbonyl (C=O) groups excluding carboxylic acids is 3. The first-order chi connectivity index (χ1) is 17.7. The van der Waals surface area contributed by atoms with Crippen molar-refractivity contribution in [1.82, 2.24) is 4.90 Å². The van der Waals surface area contributed by atoms with E-state index in [0.717, 1.165) is 70.6 Å². The van der Waals surface area contributed by atoms with Crippen molar-refractivity contribution < 1.29 is 19.1 Å². The van der Waals surface area contributed by atoms with Crippen molar-refractivity contribution in [3.8, 4) is 5.75 Å². The molecule has 0 bridgehead atoms. The van der Waals surface area contributed by atoms with Crippen LogP contribution in [0.3, 0.4) is 0 Å². The number of nitrogens with zero attached hydrogens (tertiary/aromatic N) is 1. The van der Waals surface area contributed by atoms with E-state index >= 15 is 0 Å². The highest BCUT2D eigenvalue weighted by molar-refractivity contribution is 9.10. The topological polar surface area (TPSA) is 75.7 Å². The van der Waals surface area contributed by atoms with Gasteiger partial charge in [0.1, 0.15) is 5.75 Å². The first-order valence-corrected chi connectivity index (χ1v) is 13.6. The molecule has 0 saturated carbocycles. The van der Waals surface area contributed by atoms with Gasteiger partial charge in [0.15, 0.2) is 18.2 Å². The molecule has 2 aromatic rings. The summed E-state index contributed by atoms with van der Waals surface area (Å²) < 4.78 is 6.50. The van der Waals surface area contributed by atoms with Gasteiger partial charge in [-0.3, -0.25) is 14.4 Å². The Morgan fingerprint density at radius 2 is 1.62 bits per heavy atom. The number of allylic oxidation sites excluding steroid dienone is 4. The normalized spacial score (nSPS) is 18.1. The van der Waals surface area contributed by atoms with E-state index in [2.05, 4.69) is 26.1 Å². The number of benzene rings is 2. The number of rotatable bonds is 5. The lowest BCUT2D eigenvalue weighted by Crippen LogP contribution is -2.37. The average molecular weight is 563 g/mol. The molecule has 1 N–H and O–H groups in total. The van der Waals surface area contributed by atoms with E-state index in [1.165, 1.54) is 0 Å². The van der Waals surface area contributed by atoms with Gasteiger partial charge in [0, 0.05) is 54.0 Å². The fraction of sp³-hybridized carbons (Fsp3) is 0.367. The van der Waals surface area contributed by atoms with Crippen LogP contribution in [0.2, 0.25) is 0 Å². The van der Waals surface area contributed by atoms with Crippen LogP contribution in [0.1, 0.15) is 61.1 Å². The SMILES string of the molecule is Cc1ccc(NC(=O)COc2ccc(C3C4=C(CCCC4=O)N(C)C4=C3C(=O)CCC4)cc2Br)c(C)c1. The van der Waals surface area contributed by atoms with Gasteiger partial charge in [-0.1, -0.05) is 23.8 Å². The number of ether oxygens (including phenoxy) is 1. The standard InChI is InChI=1S/C30H31BrN2O4/c1-17-10-12-21(18(2)14-17)32-27(36)16-37-26-13-11-19(15-20(26)31)28-29-22(6-4-8-24(29)34)33(3)23-7-5-9-25(35)30(23)28/h10-15,28H,4-9,16H2,1-3H3,(H,32,36). The summed E-state index contributed by atoms with van der Waals surface area (Å²) in [6.45, 7) is 3.83. The maximum Gasteiger partial charge on any atom is 0.262 e. The number of halogens is 1. The van der Waals surface area contributed by atoms with Gasteiger partial charge in [-0.05, 0) is 84.8 Å². The Morgan fingerprint density at radius 1 is 0.973 bits per heavy atom. The van der Waals surface area contributed by atoms with Gasteiger partial charge in [-0.15, -0.1) is 0 Å². The summed E-state index contributed by atoms with van der Waals surface area (Å²) in [6.07, 6.45) is 4.39. The summed E-state index contributed by atoms with van der Waals surface area (Å²) in [7, 11) is 1.99. The second-order valence-electron chi connectivity index (χ2n) is 10.1. The van der Waals surface area contributed by atoms with Gasteiger partial charge in [0.25, 0.3) is 5.91 Å². The van der Waals surface area contributed by atoms with Crippen LogP contribution in [-0.2, 0) is 14.4 Å². The average Bonchev–Trinajstić information content (AvgIpc) is 2.86. The predicted octanol–water partition coefficient (Wildman–Crippen LogP) is 6.13. The molecule has 1 aliphatic heterocycles. The first kappa shape index (κ1) is 25.5. The molecular weight excluding hydrogens is 532 g/mol. The van der Waals surface area contributed by atoms with E-state index in [0.29, 0.717) is 23.1 Å². The second kappa shape index (κ2) is 10.3. The minimum atomic E-state index is -0.361. The van der Waals surface area contributed by atoms with Crippen molar-refractivity contribution in [1.29, 1.82) is 0 Å². The fourth-order valence-corrected chi connectivity index (χ4v) is 6.29.